The summed E-state index contributed by atoms with van der Waals surface area (Å²) in [7, 11) is 0. The standard InChI is InChI=1S/C14H14FIN4O/c15-10-1-3-11(4-2-10)19-5-7-20(8-6-19)13-12(16)14(21)18-9-17-13/h1-4,9H,5-8H2,(H,17,18,21). The van der Waals surface area contributed by atoms with Crippen LogP contribution in [0.3, 0.4) is 0 Å². The van der Waals surface area contributed by atoms with Crippen molar-refractivity contribution in [2.75, 3.05) is 36.0 Å². The molecule has 1 aliphatic heterocycles. The molecule has 1 saturated heterocycles. The highest BCUT2D eigenvalue weighted by Gasteiger charge is 2.20. The first-order valence-corrected chi connectivity index (χ1v) is 7.71. The van der Waals surface area contributed by atoms with Gasteiger partial charge in [-0.3, -0.25) is 4.79 Å². The van der Waals surface area contributed by atoms with E-state index in [4.69, 9.17) is 0 Å². The number of hydrogen-bond donors (Lipinski definition) is 1. The van der Waals surface area contributed by atoms with Crippen LogP contribution in [-0.4, -0.2) is 36.1 Å². The Morgan fingerprint density at radius 1 is 1.10 bits per heavy atom. The van der Waals surface area contributed by atoms with Gasteiger partial charge in [-0.05, 0) is 46.9 Å². The summed E-state index contributed by atoms with van der Waals surface area (Å²) in [6.07, 6.45) is 1.44. The molecule has 1 fully saturated rings. The molecule has 0 radical (unpaired) electrons. The van der Waals surface area contributed by atoms with Crippen LogP contribution in [0.1, 0.15) is 0 Å². The Balaban J connectivity index is 1.71. The van der Waals surface area contributed by atoms with Gasteiger partial charge in [0, 0.05) is 31.9 Å². The average molecular weight is 400 g/mol. The van der Waals surface area contributed by atoms with Crippen molar-refractivity contribution in [2.24, 2.45) is 0 Å². The number of rotatable bonds is 2. The largest absolute Gasteiger partial charge is 0.368 e. The maximum absolute atomic E-state index is 13.0. The fourth-order valence-corrected chi connectivity index (χ4v) is 3.06. The Morgan fingerprint density at radius 2 is 1.71 bits per heavy atom. The van der Waals surface area contributed by atoms with Crippen molar-refractivity contribution in [2.45, 2.75) is 0 Å². The Labute approximate surface area is 134 Å². The molecule has 1 aliphatic rings. The van der Waals surface area contributed by atoms with Crippen LogP contribution in [0.5, 0.6) is 0 Å². The first-order valence-electron chi connectivity index (χ1n) is 6.64. The smallest absolute Gasteiger partial charge is 0.266 e. The number of benzene rings is 1. The van der Waals surface area contributed by atoms with Gasteiger partial charge in [0.2, 0.25) is 0 Å². The van der Waals surface area contributed by atoms with Gasteiger partial charge >= 0.3 is 0 Å². The fraction of sp³-hybridized carbons (Fsp3) is 0.286. The second-order valence-electron chi connectivity index (χ2n) is 4.82. The molecule has 21 heavy (non-hydrogen) atoms. The molecule has 2 heterocycles. The molecular formula is C14H14FIN4O. The van der Waals surface area contributed by atoms with Crippen LogP contribution in [0.2, 0.25) is 0 Å². The molecule has 1 aromatic heterocycles. The summed E-state index contributed by atoms with van der Waals surface area (Å²) in [5.74, 6) is 0.512. The van der Waals surface area contributed by atoms with Gasteiger partial charge in [0.1, 0.15) is 15.2 Å². The lowest BCUT2D eigenvalue weighted by Gasteiger charge is -2.36. The minimum atomic E-state index is -0.223. The van der Waals surface area contributed by atoms with Crippen LogP contribution < -0.4 is 15.4 Å². The van der Waals surface area contributed by atoms with Crippen LogP contribution in [0.15, 0.2) is 35.4 Å². The van der Waals surface area contributed by atoms with Crippen molar-refractivity contribution in [3.63, 3.8) is 0 Å². The summed E-state index contributed by atoms with van der Waals surface area (Å²) in [6.45, 7) is 3.19. The number of halogens is 2. The molecule has 0 unspecified atom stereocenters. The van der Waals surface area contributed by atoms with E-state index >= 15 is 0 Å². The van der Waals surface area contributed by atoms with E-state index in [0.717, 1.165) is 37.7 Å². The van der Waals surface area contributed by atoms with Gasteiger partial charge in [0.25, 0.3) is 5.56 Å². The third-order valence-electron chi connectivity index (χ3n) is 3.55. The van der Waals surface area contributed by atoms with Crippen LogP contribution in [0, 0.1) is 9.39 Å². The summed E-state index contributed by atoms with van der Waals surface area (Å²) < 4.78 is 13.6. The number of aromatic nitrogens is 2. The number of anilines is 2. The lowest BCUT2D eigenvalue weighted by molar-refractivity contribution is 0.624. The van der Waals surface area contributed by atoms with E-state index in [1.54, 1.807) is 12.1 Å². The average Bonchev–Trinajstić information content (AvgIpc) is 2.51. The Kier molecular flexibility index (Phi) is 4.09. The first-order chi connectivity index (χ1) is 10.1. The molecule has 0 spiro atoms. The van der Waals surface area contributed by atoms with Gasteiger partial charge < -0.3 is 14.8 Å². The molecule has 3 rings (SSSR count). The quantitative estimate of drug-likeness (QED) is 0.782. The van der Waals surface area contributed by atoms with E-state index in [9.17, 15) is 9.18 Å². The Bertz CT molecular complexity index is 680. The van der Waals surface area contributed by atoms with Crippen LogP contribution in [0.25, 0.3) is 0 Å². The van der Waals surface area contributed by atoms with Crippen molar-refractivity contribution in [3.05, 3.63) is 50.3 Å². The molecule has 1 N–H and O–H groups in total. The van der Waals surface area contributed by atoms with Crippen LogP contribution >= 0.6 is 22.6 Å². The van der Waals surface area contributed by atoms with Gasteiger partial charge in [-0.15, -0.1) is 0 Å². The number of hydrogen-bond acceptors (Lipinski definition) is 4. The van der Waals surface area contributed by atoms with Crippen molar-refractivity contribution in [3.8, 4) is 0 Å². The van der Waals surface area contributed by atoms with Gasteiger partial charge in [0.15, 0.2) is 0 Å². The van der Waals surface area contributed by atoms with Crippen molar-refractivity contribution in [1.82, 2.24) is 9.97 Å². The number of aromatic amines is 1. The van der Waals surface area contributed by atoms with E-state index in [2.05, 4.69) is 19.8 Å². The van der Waals surface area contributed by atoms with E-state index < -0.39 is 0 Å². The van der Waals surface area contributed by atoms with Crippen LogP contribution in [-0.2, 0) is 0 Å². The molecule has 7 heteroatoms. The normalized spacial score (nSPS) is 15.3. The Hall–Kier alpha value is -1.64. The summed E-state index contributed by atoms with van der Waals surface area (Å²) in [5.41, 5.74) is 0.908. The number of piperazine rings is 1. The van der Waals surface area contributed by atoms with Crippen molar-refractivity contribution < 1.29 is 4.39 Å². The third kappa shape index (κ3) is 3.02. The summed E-state index contributed by atoms with van der Waals surface area (Å²) in [5, 5.41) is 0. The monoisotopic (exact) mass is 400 g/mol. The molecule has 5 nitrogen and oxygen atoms in total. The lowest BCUT2D eigenvalue weighted by Crippen LogP contribution is -2.47. The second-order valence-corrected chi connectivity index (χ2v) is 5.90. The van der Waals surface area contributed by atoms with Gasteiger partial charge in [-0.25, -0.2) is 9.37 Å². The molecule has 1 aromatic carbocycles. The highest BCUT2D eigenvalue weighted by atomic mass is 127. The third-order valence-corrected chi connectivity index (χ3v) is 4.52. The zero-order valence-electron chi connectivity index (χ0n) is 11.2. The molecule has 0 bridgehead atoms. The van der Waals surface area contributed by atoms with Crippen molar-refractivity contribution in [1.29, 1.82) is 0 Å². The lowest BCUT2D eigenvalue weighted by atomic mass is 10.2. The summed E-state index contributed by atoms with van der Waals surface area (Å²) in [4.78, 5) is 22.8. The van der Waals surface area contributed by atoms with Gasteiger partial charge in [-0.1, -0.05) is 0 Å². The highest BCUT2D eigenvalue weighted by molar-refractivity contribution is 14.1. The van der Waals surface area contributed by atoms with Gasteiger partial charge in [0.05, 0.1) is 6.33 Å². The minimum Gasteiger partial charge on any atom is -0.368 e. The van der Waals surface area contributed by atoms with E-state index in [-0.39, 0.29) is 11.4 Å². The first kappa shape index (κ1) is 14.3. The highest BCUT2D eigenvalue weighted by Crippen LogP contribution is 2.21. The number of nitrogens with zero attached hydrogens (tertiary/aromatic N) is 3. The molecule has 0 amide bonds. The maximum Gasteiger partial charge on any atom is 0.266 e. The molecule has 0 saturated carbocycles. The second kappa shape index (κ2) is 6.00. The predicted molar refractivity (Wildman–Crippen MR) is 88.4 cm³/mol. The maximum atomic E-state index is 13.0. The topological polar surface area (TPSA) is 52.2 Å². The Morgan fingerprint density at radius 3 is 2.38 bits per heavy atom. The summed E-state index contributed by atoms with van der Waals surface area (Å²) >= 11 is 2.02. The van der Waals surface area contributed by atoms with Crippen LogP contribution in [0.4, 0.5) is 15.9 Å². The molecular weight excluding hydrogens is 386 g/mol. The predicted octanol–water partition coefficient (Wildman–Crippen LogP) is 1.84. The zero-order chi connectivity index (χ0) is 14.8. The molecule has 110 valence electrons. The SMILES string of the molecule is O=c1[nH]cnc(N2CCN(c3ccc(F)cc3)CC2)c1I. The minimum absolute atomic E-state index is 0.110. The molecule has 0 atom stereocenters. The molecule has 0 aliphatic carbocycles. The van der Waals surface area contributed by atoms with Crippen molar-refractivity contribution >= 4 is 34.1 Å². The van der Waals surface area contributed by atoms with Gasteiger partial charge in [-0.2, -0.15) is 0 Å². The van der Waals surface area contributed by atoms with E-state index in [1.165, 1.54) is 18.5 Å². The number of H-pyrrole nitrogens is 1. The fourth-order valence-electron chi connectivity index (χ4n) is 2.42. The summed E-state index contributed by atoms with van der Waals surface area (Å²) in [6, 6.07) is 6.53. The zero-order valence-corrected chi connectivity index (χ0v) is 13.4. The van der Waals surface area contributed by atoms with E-state index in [0.29, 0.717) is 3.57 Å². The number of nitrogens with one attached hydrogen (secondary N) is 1. The molecule has 2 aromatic rings. The van der Waals surface area contributed by atoms with E-state index in [1.807, 2.05) is 22.6 Å².